The summed E-state index contributed by atoms with van der Waals surface area (Å²) in [6, 6.07) is 7.53. The predicted octanol–water partition coefficient (Wildman–Crippen LogP) is 3.50. The number of carbonyl (C=O) groups excluding carboxylic acids is 1. The second kappa shape index (κ2) is 4.70. The molecule has 4 heteroatoms. The third-order valence-electron chi connectivity index (χ3n) is 2.22. The van der Waals surface area contributed by atoms with E-state index in [2.05, 4.69) is 15.9 Å². The molecule has 0 radical (unpaired) electrons. The molecule has 0 aliphatic rings. The summed E-state index contributed by atoms with van der Waals surface area (Å²) in [5.74, 6) is -0.164. The average Bonchev–Trinajstić information content (AvgIpc) is 2.71. The van der Waals surface area contributed by atoms with Gasteiger partial charge in [0.05, 0.1) is 6.61 Å². The van der Waals surface area contributed by atoms with Crippen molar-refractivity contribution in [1.29, 1.82) is 0 Å². The lowest BCUT2D eigenvalue weighted by atomic mass is 10.2. The Morgan fingerprint density at radius 2 is 2.25 bits per heavy atom. The van der Waals surface area contributed by atoms with Crippen molar-refractivity contribution < 1.29 is 13.9 Å². The van der Waals surface area contributed by atoms with Crippen LogP contribution in [0.25, 0.3) is 11.0 Å². The maximum Gasteiger partial charge on any atom is 0.374 e. The fraction of sp³-hybridized carbons (Fsp3) is 0.250. The first-order valence-corrected chi connectivity index (χ1v) is 6.12. The first kappa shape index (κ1) is 11.2. The van der Waals surface area contributed by atoms with Crippen molar-refractivity contribution in [3.8, 4) is 0 Å². The highest BCUT2D eigenvalue weighted by Gasteiger charge is 2.12. The quantitative estimate of drug-likeness (QED) is 0.639. The van der Waals surface area contributed by atoms with E-state index in [0.29, 0.717) is 12.2 Å². The molecule has 1 heterocycles. The Labute approximate surface area is 102 Å². The molecule has 0 aliphatic heterocycles. The summed E-state index contributed by atoms with van der Waals surface area (Å²) in [5.41, 5.74) is 1.82. The molecule has 0 bridgehead atoms. The smallest absolute Gasteiger partial charge is 0.374 e. The highest BCUT2D eigenvalue weighted by Crippen LogP contribution is 2.22. The zero-order valence-corrected chi connectivity index (χ0v) is 10.4. The molecule has 84 valence electrons. The summed E-state index contributed by atoms with van der Waals surface area (Å²) < 4.78 is 10.3. The minimum Gasteiger partial charge on any atom is -0.460 e. The van der Waals surface area contributed by atoms with Crippen LogP contribution in [0.15, 0.2) is 28.7 Å². The number of fused-ring (bicyclic) bond motifs is 1. The Morgan fingerprint density at radius 3 is 2.94 bits per heavy atom. The van der Waals surface area contributed by atoms with Gasteiger partial charge >= 0.3 is 5.97 Å². The standard InChI is InChI=1S/C12H11BrO3/c1-2-15-12(14)11-6-9-4-3-8(7-13)5-10(9)16-11/h3-6H,2,7H2,1H3. The van der Waals surface area contributed by atoms with Gasteiger partial charge in [0.15, 0.2) is 0 Å². The van der Waals surface area contributed by atoms with Crippen LogP contribution in [-0.2, 0) is 10.1 Å². The summed E-state index contributed by atoms with van der Waals surface area (Å²) in [4.78, 5) is 11.4. The molecule has 0 saturated heterocycles. The highest BCUT2D eigenvalue weighted by atomic mass is 79.9. The van der Waals surface area contributed by atoms with E-state index >= 15 is 0 Å². The van der Waals surface area contributed by atoms with Crippen LogP contribution in [0.3, 0.4) is 0 Å². The number of alkyl halides is 1. The van der Waals surface area contributed by atoms with Crippen LogP contribution in [0.1, 0.15) is 23.0 Å². The third-order valence-corrected chi connectivity index (χ3v) is 2.86. The highest BCUT2D eigenvalue weighted by molar-refractivity contribution is 9.08. The SMILES string of the molecule is CCOC(=O)c1cc2ccc(CBr)cc2o1. The van der Waals surface area contributed by atoms with E-state index in [9.17, 15) is 4.79 Å². The first-order valence-electron chi connectivity index (χ1n) is 5.00. The Balaban J connectivity index is 2.39. The van der Waals surface area contributed by atoms with Crippen molar-refractivity contribution in [2.45, 2.75) is 12.3 Å². The van der Waals surface area contributed by atoms with Crippen LogP contribution < -0.4 is 0 Å². The van der Waals surface area contributed by atoms with Gasteiger partial charge in [-0.25, -0.2) is 4.79 Å². The second-order valence-corrected chi connectivity index (χ2v) is 3.90. The molecule has 16 heavy (non-hydrogen) atoms. The number of halogens is 1. The van der Waals surface area contributed by atoms with E-state index < -0.39 is 5.97 Å². The maximum atomic E-state index is 11.4. The zero-order chi connectivity index (χ0) is 11.5. The molecule has 0 N–H and O–H groups in total. The van der Waals surface area contributed by atoms with Crippen LogP contribution >= 0.6 is 15.9 Å². The molecule has 0 aliphatic carbocycles. The number of furan rings is 1. The Morgan fingerprint density at radius 1 is 1.44 bits per heavy atom. The molecule has 0 spiro atoms. The number of hydrogen-bond acceptors (Lipinski definition) is 3. The number of rotatable bonds is 3. The van der Waals surface area contributed by atoms with E-state index in [4.69, 9.17) is 9.15 Å². The summed E-state index contributed by atoms with van der Waals surface area (Å²) in [7, 11) is 0. The molecule has 0 atom stereocenters. The molecule has 0 amide bonds. The van der Waals surface area contributed by atoms with E-state index in [0.717, 1.165) is 16.3 Å². The molecular weight excluding hydrogens is 272 g/mol. The third kappa shape index (κ3) is 2.11. The number of carbonyl (C=O) groups is 1. The Hall–Kier alpha value is -1.29. The molecule has 1 aromatic heterocycles. The molecule has 0 unspecified atom stereocenters. The van der Waals surface area contributed by atoms with E-state index in [1.807, 2.05) is 18.2 Å². The number of esters is 1. The van der Waals surface area contributed by atoms with Crippen LogP contribution in [0.5, 0.6) is 0 Å². The fourth-order valence-electron chi connectivity index (χ4n) is 1.46. The summed E-state index contributed by atoms with van der Waals surface area (Å²) >= 11 is 3.37. The normalized spacial score (nSPS) is 10.6. The first-order chi connectivity index (χ1) is 7.74. The van der Waals surface area contributed by atoms with Crippen molar-refractivity contribution in [2.24, 2.45) is 0 Å². The van der Waals surface area contributed by atoms with Crippen molar-refractivity contribution >= 4 is 32.9 Å². The molecule has 2 rings (SSSR count). The van der Waals surface area contributed by atoms with E-state index in [1.165, 1.54) is 0 Å². The molecular formula is C12H11BrO3. The molecule has 0 saturated carbocycles. The largest absolute Gasteiger partial charge is 0.460 e. The van der Waals surface area contributed by atoms with E-state index in [-0.39, 0.29) is 5.76 Å². The van der Waals surface area contributed by atoms with Crippen molar-refractivity contribution in [2.75, 3.05) is 6.61 Å². The number of benzene rings is 1. The minimum atomic E-state index is -0.418. The van der Waals surface area contributed by atoms with Gasteiger partial charge in [-0.1, -0.05) is 28.1 Å². The van der Waals surface area contributed by atoms with Gasteiger partial charge in [0.2, 0.25) is 5.76 Å². The van der Waals surface area contributed by atoms with Gasteiger partial charge in [-0.15, -0.1) is 0 Å². The summed E-state index contributed by atoms with van der Waals surface area (Å²) in [5, 5.41) is 1.67. The lowest BCUT2D eigenvalue weighted by Gasteiger charge is -1.95. The monoisotopic (exact) mass is 282 g/mol. The van der Waals surface area contributed by atoms with Gasteiger partial charge in [-0.2, -0.15) is 0 Å². The van der Waals surface area contributed by atoms with Crippen molar-refractivity contribution in [3.05, 3.63) is 35.6 Å². The summed E-state index contributed by atoms with van der Waals surface area (Å²) in [6.45, 7) is 2.12. The van der Waals surface area contributed by atoms with Gasteiger partial charge < -0.3 is 9.15 Å². The second-order valence-electron chi connectivity index (χ2n) is 3.34. The molecule has 0 fully saturated rings. The topological polar surface area (TPSA) is 39.4 Å². The average molecular weight is 283 g/mol. The lowest BCUT2D eigenvalue weighted by molar-refractivity contribution is 0.0492. The summed E-state index contributed by atoms with van der Waals surface area (Å²) in [6.07, 6.45) is 0. The van der Waals surface area contributed by atoms with Gasteiger partial charge in [0.1, 0.15) is 5.58 Å². The number of ether oxygens (including phenoxy) is 1. The molecule has 1 aromatic carbocycles. The number of hydrogen-bond donors (Lipinski definition) is 0. The van der Waals surface area contributed by atoms with Gasteiger partial charge in [0, 0.05) is 10.7 Å². The molecule has 2 aromatic rings. The fourth-order valence-corrected chi connectivity index (χ4v) is 1.81. The van der Waals surface area contributed by atoms with Crippen LogP contribution in [0.4, 0.5) is 0 Å². The minimum absolute atomic E-state index is 0.253. The van der Waals surface area contributed by atoms with Gasteiger partial charge in [-0.3, -0.25) is 0 Å². The van der Waals surface area contributed by atoms with Gasteiger partial charge in [0.25, 0.3) is 0 Å². The Bertz CT molecular complexity index is 516. The van der Waals surface area contributed by atoms with Gasteiger partial charge in [-0.05, 0) is 24.6 Å². The lowest BCUT2D eigenvalue weighted by Crippen LogP contribution is -2.02. The van der Waals surface area contributed by atoms with Crippen molar-refractivity contribution in [3.63, 3.8) is 0 Å². The molecule has 3 nitrogen and oxygen atoms in total. The predicted molar refractivity (Wildman–Crippen MR) is 64.8 cm³/mol. The van der Waals surface area contributed by atoms with Crippen LogP contribution in [-0.4, -0.2) is 12.6 Å². The van der Waals surface area contributed by atoms with Crippen molar-refractivity contribution in [1.82, 2.24) is 0 Å². The van der Waals surface area contributed by atoms with E-state index in [1.54, 1.807) is 13.0 Å². The zero-order valence-electron chi connectivity index (χ0n) is 8.83. The Kier molecular flexibility index (Phi) is 3.29. The van der Waals surface area contributed by atoms with Crippen LogP contribution in [0, 0.1) is 0 Å². The van der Waals surface area contributed by atoms with Crippen LogP contribution in [0.2, 0.25) is 0 Å². The maximum absolute atomic E-state index is 11.4.